The summed E-state index contributed by atoms with van der Waals surface area (Å²) in [5, 5.41) is 0. The monoisotopic (exact) mass is 156 g/mol. The Morgan fingerprint density at radius 1 is 1.00 bits per heavy atom. The van der Waals surface area contributed by atoms with Crippen molar-refractivity contribution in [2.75, 3.05) is 0 Å². The normalized spacial score (nSPS) is 9.00. The van der Waals surface area contributed by atoms with Gasteiger partial charge >= 0.3 is 8.60 Å². The largest absolute Gasteiger partial charge is 0.328 e. The zero-order chi connectivity index (χ0) is 7.15. The topological polar surface area (TPSA) is 60.7 Å². The fraction of sp³-hybridized carbons (Fsp3) is 1.00. The molecule has 0 atom stereocenters. The maximum Gasteiger partial charge on any atom is 0.324 e. The van der Waals surface area contributed by atoms with Crippen LogP contribution in [0.15, 0.2) is 0 Å². The third-order valence-electron chi connectivity index (χ3n) is 0. The van der Waals surface area contributed by atoms with Crippen molar-refractivity contribution in [1.82, 2.24) is 0 Å². The highest BCUT2D eigenvalue weighted by Gasteiger charge is 1.76. The molecule has 0 unspecified atom stereocenters. The van der Waals surface area contributed by atoms with Crippen molar-refractivity contribution >= 4 is 17.4 Å². The Labute approximate surface area is 52.6 Å². The third-order valence-corrected chi connectivity index (χ3v) is 0. The van der Waals surface area contributed by atoms with E-state index in [0.717, 1.165) is 0 Å². The van der Waals surface area contributed by atoms with Gasteiger partial charge < -0.3 is 14.7 Å². The predicted molar refractivity (Wildman–Crippen MR) is 38.3 cm³/mol. The molecule has 0 saturated carbocycles. The second-order valence-corrected chi connectivity index (χ2v) is 6.00. The van der Waals surface area contributed by atoms with Gasteiger partial charge in [0.15, 0.2) is 0 Å². The standard InChI is InChI=1S/C3H10Si.H3O3P/c2*1-4(2)3/h4H,1-3H3;1-3H. The minimum Gasteiger partial charge on any atom is -0.328 e. The Hall–Kier alpha value is 0.527. The van der Waals surface area contributed by atoms with Crippen LogP contribution in [0.1, 0.15) is 0 Å². The van der Waals surface area contributed by atoms with Crippen molar-refractivity contribution in [1.29, 1.82) is 0 Å². The molecule has 0 spiro atoms. The maximum atomic E-state index is 7.23. The third kappa shape index (κ3) is 718. The van der Waals surface area contributed by atoms with Crippen LogP contribution < -0.4 is 0 Å². The van der Waals surface area contributed by atoms with Gasteiger partial charge in [0.2, 0.25) is 0 Å². The van der Waals surface area contributed by atoms with Gasteiger partial charge in [-0.2, -0.15) is 0 Å². The lowest BCUT2D eigenvalue weighted by atomic mass is 11.8. The molecule has 0 heterocycles. The van der Waals surface area contributed by atoms with Gasteiger partial charge in [0.25, 0.3) is 0 Å². The van der Waals surface area contributed by atoms with Gasteiger partial charge in [-0.1, -0.05) is 19.6 Å². The minimum absolute atomic E-state index is 0.139. The van der Waals surface area contributed by atoms with E-state index in [1.54, 1.807) is 0 Å². The van der Waals surface area contributed by atoms with Crippen molar-refractivity contribution < 1.29 is 14.7 Å². The van der Waals surface area contributed by atoms with Crippen LogP contribution in [0.4, 0.5) is 0 Å². The van der Waals surface area contributed by atoms with E-state index in [2.05, 4.69) is 19.6 Å². The van der Waals surface area contributed by atoms with E-state index in [0.29, 0.717) is 0 Å². The Morgan fingerprint density at radius 2 is 1.00 bits per heavy atom. The van der Waals surface area contributed by atoms with E-state index in [1.165, 1.54) is 0 Å². The first-order valence-corrected chi connectivity index (χ1v) is 7.00. The quantitative estimate of drug-likeness (QED) is 0.349. The summed E-state index contributed by atoms with van der Waals surface area (Å²) in [5.74, 6) is 0. The Bertz CT molecular complexity index is 30.0. The molecule has 0 saturated heterocycles. The second kappa shape index (κ2) is 7.53. The molecule has 0 bridgehead atoms. The van der Waals surface area contributed by atoms with E-state index >= 15 is 0 Å². The summed E-state index contributed by atoms with van der Waals surface area (Å²) in [5.41, 5.74) is 0. The van der Waals surface area contributed by atoms with Gasteiger partial charge in [-0.3, -0.25) is 0 Å². The molecule has 8 heavy (non-hydrogen) atoms. The summed E-state index contributed by atoms with van der Waals surface area (Å²) in [4.78, 5) is 21.7. The molecule has 5 heteroatoms. The highest BCUT2D eigenvalue weighted by atomic mass is 31.2. The molecule has 0 aliphatic heterocycles. The SMILES string of the molecule is C[SiH](C)C.OP(O)O. The van der Waals surface area contributed by atoms with E-state index in [-0.39, 0.29) is 8.80 Å². The lowest BCUT2D eigenvalue weighted by Gasteiger charge is -1.76. The molecule has 3 N–H and O–H groups in total. The molecule has 3 nitrogen and oxygen atoms in total. The molecule has 0 aliphatic carbocycles. The van der Waals surface area contributed by atoms with Crippen LogP contribution in [-0.4, -0.2) is 23.5 Å². The zero-order valence-electron chi connectivity index (χ0n) is 5.37. The molecule has 0 aliphatic rings. The van der Waals surface area contributed by atoms with E-state index in [4.69, 9.17) is 14.7 Å². The average molecular weight is 156 g/mol. The summed E-state index contributed by atoms with van der Waals surface area (Å²) in [6.07, 6.45) is 0. The Morgan fingerprint density at radius 3 is 1.00 bits per heavy atom. The first-order chi connectivity index (χ1) is 3.46. The van der Waals surface area contributed by atoms with Crippen LogP contribution in [0.5, 0.6) is 0 Å². The summed E-state index contributed by atoms with van der Waals surface area (Å²) in [6.45, 7) is 6.92. The van der Waals surface area contributed by atoms with Crippen molar-refractivity contribution in [3.8, 4) is 0 Å². The van der Waals surface area contributed by atoms with Gasteiger partial charge in [0.1, 0.15) is 0 Å². The smallest absolute Gasteiger partial charge is 0.324 e. The number of hydrogen-bond acceptors (Lipinski definition) is 3. The summed E-state index contributed by atoms with van der Waals surface area (Å²) in [7, 11) is -2.76. The molecule has 0 aromatic carbocycles. The van der Waals surface area contributed by atoms with E-state index in [9.17, 15) is 0 Å². The molecule has 0 aromatic heterocycles. The lowest BCUT2D eigenvalue weighted by molar-refractivity contribution is 0.368. The minimum atomic E-state index is -2.62. The van der Waals surface area contributed by atoms with Crippen molar-refractivity contribution in [2.45, 2.75) is 19.6 Å². The molecule has 0 radical (unpaired) electrons. The second-order valence-electron chi connectivity index (χ2n) is 2.00. The first kappa shape index (κ1) is 11.3. The number of hydrogen-bond donors (Lipinski definition) is 3. The van der Waals surface area contributed by atoms with Gasteiger partial charge in [0, 0.05) is 8.80 Å². The molecular weight excluding hydrogens is 143 g/mol. The molecule has 0 rings (SSSR count). The average Bonchev–Trinajstić information content (AvgIpc) is 1.25. The van der Waals surface area contributed by atoms with Crippen molar-refractivity contribution in [2.24, 2.45) is 0 Å². The van der Waals surface area contributed by atoms with Crippen molar-refractivity contribution in [3.63, 3.8) is 0 Å². The predicted octanol–water partition coefficient (Wildman–Crippen LogP) is 0.293. The zero-order valence-corrected chi connectivity index (χ0v) is 7.42. The Balaban J connectivity index is 0. The fourth-order valence-corrected chi connectivity index (χ4v) is 0. The summed E-state index contributed by atoms with van der Waals surface area (Å²) < 4.78 is 0. The molecule has 0 amide bonds. The van der Waals surface area contributed by atoms with Gasteiger partial charge in [-0.25, -0.2) is 0 Å². The molecule has 0 fully saturated rings. The van der Waals surface area contributed by atoms with Crippen LogP contribution in [0.25, 0.3) is 0 Å². The maximum absolute atomic E-state index is 7.23. The molecule has 0 aromatic rings. The molecule has 52 valence electrons. The van der Waals surface area contributed by atoms with Crippen LogP contribution >= 0.6 is 8.60 Å². The molecular formula is C3H13O3PSi. The highest BCUT2D eigenvalue weighted by molar-refractivity contribution is 7.38. The fourth-order valence-electron chi connectivity index (χ4n) is 0. The van der Waals surface area contributed by atoms with Gasteiger partial charge in [0.05, 0.1) is 0 Å². The van der Waals surface area contributed by atoms with Crippen LogP contribution in [0.3, 0.4) is 0 Å². The van der Waals surface area contributed by atoms with Gasteiger partial charge in [-0.15, -0.1) is 0 Å². The number of rotatable bonds is 0. The van der Waals surface area contributed by atoms with Gasteiger partial charge in [-0.05, 0) is 0 Å². The lowest BCUT2D eigenvalue weighted by Crippen LogP contribution is -1.84. The summed E-state index contributed by atoms with van der Waals surface area (Å²) in [6, 6.07) is 0. The Kier molecular flexibility index (Phi) is 10.7. The van der Waals surface area contributed by atoms with Crippen LogP contribution in [0, 0.1) is 0 Å². The summed E-state index contributed by atoms with van der Waals surface area (Å²) >= 11 is 0. The van der Waals surface area contributed by atoms with Crippen molar-refractivity contribution in [3.05, 3.63) is 0 Å². The van der Waals surface area contributed by atoms with Crippen LogP contribution in [-0.2, 0) is 0 Å². The highest BCUT2D eigenvalue weighted by Crippen LogP contribution is 2.11. The van der Waals surface area contributed by atoms with Crippen LogP contribution in [0.2, 0.25) is 19.6 Å². The van der Waals surface area contributed by atoms with E-state index in [1.807, 2.05) is 0 Å². The van der Waals surface area contributed by atoms with E-state index < -0.39 is 8.60 Å². The first-order valence-electron chi connectivity index (χ1n) is 2.33.